The summed E-state index contributed by atoms with van der Waals surface area (Å²) in [6, 6.07) is 0.433. The number of fused-ring (bicyclic) bond motifs is 1. The Balaban J connectivity index is 2.15. The Morgan fingerprint density at radius 2 is 2.30 bits per heavy atom. The summed E-state index contributed by atoms with van der Waals surface area (Å²) in [7, 11) is 0. The van der Waals surface area contributed by atoms with Crippen LogP contribution in [0.2, 0.25) is 0 Å². The summed E-state index contributed by atoms with van der Waals surface area (Å²) in [5, 5.41) is 0. The lowest BCUT2D eigenvalue weighted by Crippen LogP contribution is -2.27. The molecule has 2 aliphatic heterocycles. The lowest BCUT2D eigenvalue weighted by atomic mass is 9.89. The van der Waals surface area contributed by atoms with Gasteiger partial charge in [0, 0.05) is 12.8 Å². The maximum Gasteiger partial charge on any atom is 0.0870 e. The van der Waals surface area contributed by atoms with Crippen LogP contribution >= 0.6 is 0 Å². The minimum absolute atomic E-state index is 0.433. The molecule has 0 aromatic carbocycles. The van der Waals surface area contributed by atoms with Crippen LogP contribution in [0.3, 0.4) is 0 Å². The molecule has 2 heterocycles. The van der Waals surface area contributed by atoms with Crippen molar-refractivity contribution in [2.45, 2.75) is 25.3 Å². The molecule has 2 nitrogen and oxygen atoms in total. The van der Waals surface area contributed by atoms with Crippen LogP contribution in [0.25, 0.3) is 0 Å². The molecule has 0 fully saturated rings. The standard InChI is InChI=1S/C8H12N2/c1-2-7-3-5-9-6-8(7)10-4-1/h4,6-8H,1-3,5H2. The number of rotatable bonds is 0. The second-order valence-corrected chi connectivity index (χ2v) is 3.00. The summed E-state index contributed by atoms with van der Waals surface area (Å²) in [5.74, 6) is 0.808. The monoisotopic (exact) mass is 136 g/mol. The third kappa shape index (κ3) is 0.981. The average Bonchev–Trinajstić information content (AvgIpc) is 2.05. The number of nitrogens with zero attached hydrogens (tertiary/aromatic N) is 2. The average molecular weight is 136 g/mol. The molecule has 0 aliphatic carbocycles. The fourth-order valence-corrected chi connectivity index (χ4v) is 1.68. The number of aliphatic imine (C=N–C) groups is 2. The topological polar surface area (TPSA) is 24.7 Å². The summed E-state index contributed by atoms with van der Waals surface area (Å²) >= 11 is 0. The van der Waals surface area contributed by atoms with Gasteiger partial charge >= 0.3 is 0 Å². The van der Waals surface area contributed by atoms with E-state index in [1.165, 1.54) is 19.3 Å². The number of hydrogen-bond donors (Lipinski definition) is 0. The normalized spacial score (nSPS) is 37.6. The molecule has 0 saturated carbocycles. The Kier molecular flexibility index (Phi) is 1.53. The van der Waals surface area contributed by atoms with Gasteiger partial charge in [-0.1, -0.05) is 0 Å². The molecule has 54 valence electrons. The van der Waals surface area contributed by atoms with Gasteiger partial charge in [-0.05, 0) is 31.4 Å². The van der Waals surface area contributed by atoms with Gasteiger partial charge in [0.15, 0.2) is 0 Å². The third-order valence-corrected chi connectivity index (χ3v) is 2.31. The van der Waals surface area contributed by atoms with Crippen molar-refractivity contribution in [3.8, 4) is 0 Å². The van der Waals surface area contributed by atoms with Crippen LogP contribution < -0.4 is 0 Å². The summed E-state index contributed by atoms with van der Waals surface area (Å²) in [5.41, 5.74) is 0. The summed E-state index contributed by atoms with van der Waals surface area (Å²) < 4.78 is 0. The highest BCUT2D eigenvalue weighted by Gasteiger charge is 2.22. The molecule has 2 unspecified atom stereocenters. The van der Waals surface area contributed by atoms with Crippen molar-refractivity contribution in [1.82, 2.24) is 0 Å². The van der Waals surface area contributed by atoms with E-state index in [0.717, 1.165) is 12.5 Å². The van der Waals surface area contributed by atoms with Gasteiger partial charge in [-0.2, -0.15) is 0 Å². The fourth-order valence-electron chi connectivity index (χ4n) is 1.68. The van der Waals surface area contributed by atoms with E-state index in [1.807, 2.05) is 12.4 Å². The van der Waals surface area contributed by atoms with E-state index in [9.17, 15) is 0 Å². The van der Waals surface area contributed by atoms with Crippen molar-refractivity contribution in [1.29, 1.82) is 0 Å². The van der Waals surface area contributed by atoms with Crippen molar-refractivity contribution in [2.24, 2.45) is 15.9 Å². The molecule has 2 rings (SSSR count). The molecule has 0 aromatic heterocycles. The van der Waals surface area contributed by atoms with Gasteiger partial charge in [-0.3, -0.25) is 9.98 Å². The van der Waals surface area contributed by atoms with E-state index in [-0.39, 0.29) is 0 Å². The van der Waals surface area contributed by atoms with E-state index in [1.54, 1.807) is 0 Å². The third-order valence-electron chi connectivity index (χ3n) is 2.31. The Labute approximate surface area is 61.1 Å². The molecule has 0 amide bonds. The molecule has 10 heavy (non-hydrogen) atoms. The second-order valence-electron chi connectivity index (χ2n) is 3.00. The summed E-state index contributed by atoms with van der Waals surface area (Å²) in [4.78, 5) is 8.60. The molecule has 0 N–H and O–H groups in total. The van der Waals surface area contributed by atoms with Gasteiger partial charge in [0.05, 0.1) is 6.04 Å². The highest BCUT2D eigenvalue weighted by atomic mass is 14.9. The maximum absolute atomic E-state index is 4.38. The van der Waals surface area contributed by atoms with Crippen LogP contribution in [0.4, 0.5) is 0 Å². The zero-order valence-electron chi connectivity index (χ0n) is 6.03. The van der Waals surface area contributed by atoms with Gasteiger partial charge in [-0.15, -0.1) is 0 Å². The first-order valence-corrected chi connectivity index (χ1v) is 3.98. The lowest BCUT2D eigenvalue weighted by molar-refractivity contribution is 0.417. The number of hydrogen-bond acceptors (Lipinski definition) is 2. The quantitative estimate of drug-likeness (QED) is 0.479. The largest absolute Gasteiger partial charge is 0.295 e. The van der Waals surface area contributed by atoms with Crippen molar-refractivity contribution in [3.63, 3.8) is 0 Å². The summed E-state index contributed by atoms with van der Waals surface area (Å²) in [6.07, 6.45) is 7.80. The first-order chi connectivity index (χ1) is 4.97. The van der Waals surface area contributed by atoms with Crippen molar-refractivity contribution < 1.29 is 0 Å². The van der Waals surface area contributed by atoms with Gasteiger partial charge < -0.3 is 0 Å². The van der Waals surface area contributed by atoms with Gasteiger partial charge in [0.1, 0.15) is 0 Å². The van der Waals surface area contributed by atoms with Gasteiger partial charge in [-0.25, -0.2) is 0 Å². The minimum atomic E-state index is 0.433. The zero-order chi connectivity index (χ0) is 6.81. The molecular formula is C8H12N2. The van der Waals surface area contributed by atoms with Crippen LogP contribution in [0, 0.1) is 5.92 Å². The second kappa shape index (κ2) is 2.52. The SMILES string of the molecule is C1=NCCC2CCC=NC12. The van der Waals surface area contributed by atoms with E-state index < -0.39 is 0 Å². The highest BCUT2D eigenvalue weighted by molar-refractivity contribution is 5.71. The van der Waals surface area contributed by atoms with Crippen LogP contribution in [0.5, 0.6) is 0 Å². The van der Waals surface area contributed by atoms with E-state index in [2.05, 4.69) is 9.98 Å². The van der Waals surface area contributed by atoms with E-state index in [4.69, 9.17) is 0 Å². The van der Waals surface area contributed by atoms with Crippen LogP contribution in [-0.2, 0) is 0 Å². The molecule has 2 aliphatic rings. The lowest BCUT2D eigenvalue weighted by Gasteiger charge is -2.26. The molecule has 2 heteroatoms. The molecule has 0 aromatic rings. The molecule has 0 spiro atoms. The van der Waals surface area contributed by atoms with E-state index >= 15 is 0 Å². The first kappa shape index (κ1) is 6.08. The maximum atomic E-state index is 4.38. The first-order valence-electron chi connectivity index (χ1n) is 3.98. The van der Waals surface area contributed by atoms with Crippen LogP contribution in [0.15, 0.2) is 9.98 Å². The highest BCUT2D eigenvalue weighted by Crippen LogP contribution is 2.23. The molecule has 0 radical (unpaired) electrons. The Bertz CT molecular complexity index is 154. The smallest absolute Gasteiger partial charge is 0.0870 e. The Hall–Kier alpha value is -0.660. The molecule has 2 atom stereocenters. The van der Waals surface area contributed by atoms with Crippen LogP contribution in [0.1, 0.15) is 19.3 Å². The minimum Gasteiger partial charge on any atom is -0.295 e. The van der Waals surface area contributed by atoms with Gasteiger partial charge in [0.2, 0.25) is 0 Å². The molecular weight excluding hydrogens is 124 g/mol. The molecule has 0 bridgehead atoms. The van der Waals surface area contributed by atoms with Crippen molar-refractivity contribution in [2.75, 3.05) is 6.54 Å². The predicted octanol–water partition coefficient (Wildman–Crippen LogP) is 1.31. The Morgan fingerprint density at radius 1 is 1.30 bits per heavy atom. The predicted molar refractivity (Wildman–Crippen MR) is 43.0 cm³/mol. The van der Waals surface area contributed by atoms with Crippen molar-refractivity contribution >= 4 is 12.4 Å². The Morgan fingerprint density at radius 3 is 3.20 bits per heavy atom. The van der Waals surface area contributed by atoms with Crippen LogP contribution in [-0.4, -0.2) is 25.0 Å². The van der Waals surface area contributed by atoms with E-state index in [0.29, 0.717) is 6.04 Å². The zero-order valence-corrected chi connectivity index (χ0v) is 6.03. The summed E-state index contributed by atoms with van der Waals surface area (Å²) in [6.45, 7) is 1.02. The molecule has 0 saturated heterocycles. The van der Waals surface area contributed by atoms with Gasteiger partial charge in [0.25, 0.3) is 0 Å². The fraction of sp³-hybridized carbons (Fsp3) is 0.750. The van der Waals surface area contributed by atoms with Crippen molar-refractivity contribution in [3.05, 3.63) is 0 Å².